The molecule has 0 amide bonds. The van der Waals surface area contributed by atoms with Crippen molar-refractivity contribution in [3.05, 3.63) is 23.8 Å². The molecule has 2 saturated heterocycles. The number of hydrogen-bond donors (Lipinski definition) is 0. The highest BCUT2D eigenvalue weighted by atomic mass is 32.2. The van der Waals surface area contributed by atoms with Crippen LogP contribution in [0.2, 0.25) is 0 Å². The monoisotopic (exact) mass is 324 g/mol. The highest BCUT2D eigenvalue weighted by Gasteiger charge is 2.47. The summed E-state index contributed by atoms with van der Waals surface area (Å²) in [6.07, 6.45) is 1.72. The molecule has 0 N–H and O–H groups in total. The van der Waals surface area contributed by atoms with Gasteiger partial charge in [-0.1, -0.05) is 6.07 Å². The summed E-state index contributed by atoms with van der Waals surface area (Å²) in [5.41, 5.74) is 1.21. The molecule has 2 fully saturated rings. The summed E-state index contributed by atoms with van der Waals surface area (Å²) >= 11 is 3.89. The Morgan fingerprint density at radius 1 is 1.10 bits per heavy atom. The van der Waals surface area contributed by atoms with E-state index < -0.39 is 0 Å². The van der Waals surface area contributed by atoms with Gasteiger partial charge in [0.2, 0.25) is 6.79 Å². The van der Waals surface area contributed by atoms with Crippen LogP contribution in [0.1, 0.15) is 18.4 Å². The smallest absolute Gasteiger partial charge is 0.306 e. The van der Waals surface area contributed by atoms with E-state index in [1.807, 2.05) is 29.6 Å². The predicted molar refractivity (Wildman–Crippen MR) is 82.8 cm³/mol. The Kier molecular flexibility index (Phi) is 3.46. The van der Waals surface area contributed by atoms with E-state index in [9.17, 15) is 4.79 Å². The zero-order valence-corrected chi connectivity index (χ0v) is 13.1. The van der Waals surface area contributed by atoms with Gasteiger partial charge in [0, 0.05) is 5.92 Å². The van der Waals surface area contributed by atoms with Crippen molar-refractivity contribution >= 4 is 29.5 Å². The Morgan fingerprint density at radius 2 is 1.90 bits per heavy atom. The quantitative estimate of drug-likeness (QED) is 0.779. The van der Waals surface area contributed by atoms with Crippen molar-refractivity contribution in [3.8, 4) is 11.5 Å². The molecular weight excluding hydrogens is 308 g/mol. The van der Waals surface area contributed by atoms with Crippen LogP contribution in [0, 0.1) is 5.92 Å². The third-order valence-electron chi connectivity index (χ3n) is 4.09. The van der Waals surface area contributed by atoms with Crippen molar-refractivity contribution in [1.82, 2.24) is 0 Å². The standard InChI is InChI=1S/C15H16O4S2/c16-14-7-11(8-17-14)15(20-4-1-5-21-15)10-2-3-12-13(6-10)19-9-18-12/h2-3,6,11H,1,4-5,7-9H2/t11-/m1/s1. The third kappa shape index (κ3) is 2.28. The van der Waals surface area contributed by atoms with Crippen LogP contribution >= 0.6 is 23.5 Å². The van der Waals surface area contributed by atoms with Gasteiger partial charge in [0.05, 0.1) is 17.1 Å². The van der Waals surface area contributed by atoms with E-state index in [1.165, 1.54) is 12.0 Å². The fraction of sp³-hybridized carbons (Fsp3) is 0.533. The maximum absolute atomic E-state index is 11.6. The minimum absolute atomic E-state index is 0.0770. The van der Waals surface area contributed by atoms with Gasteiger partial charge in [-0.3, -0.25) is 4.79 Å². The molecule has 4 rings (SSSR count). The van der Waals surface area contributed by atoms with E-state index in [-0.39, 0.29) is 22.8 Å². The minimum atomic E-state index is -0.106. The molecule has 3 heterocycles. The molecule has 0 aromatic heterocycles. The highest BCUT2D eigenvalue weighted by molar-refractivity contribution is 8.18. The Balaban J connectivity index is 1.73. The van der Waals surface area contributed by atoms with Crippen molar-refractivity contribution in [1.29, 1.82) is 0 Å². The lowest BCUT2D eigenvalue weighted by molar-refractivity contribution is -0.137. The topological polar surface area (TPSA) is 44.8 Å². The Hall–Kier alpha value is -1.01. The van der Waals surface area contributed by atoms with Crippen LogP contribution in [0.25, 0.3) is 0 Å². The molecule has 4 nitrogen and oxygen atoms in total. The first-order chi connectivity index (χ1) is 10.3. The molecule has 6 heteroatoms. The van der Waals surface area contributed by atoms with Crippen molar-refractivity contribution in [2.24, 2.45) is 5.92 Å². The molecule has 0 spiro atoms. The molecule has 0 saturated carbocycles. The molecule has 1 atom stereocenters. The van der Waals surface area contributed by atoms with Gasteiger partial charge in [-0.25, -0.2) is 0 Å². The Bertz CT molecular complexity index is 569. The van der Waals surface area contributed by atoms with E-state index in [1.54, 1.807) is 0 Å². The lowest BCUT2D eigenvalue weighted by Crippen LogP contribution is -2.32. The lowest BCUT2D eigenvalue weighted by atomic mass is 9.96. The van der Waals surface area contributed by atoms with E-state index in [2.05, 4.69) is 12.1 Å². The van der Waals surface area contributed by atoms with Gasteiger partial charge in [0.1, 0.15) is 0 Å². The number of carbonyl (C=O) groups is 1. The summed E-state index contributed by atoms with van der Waals surface area (Å²) in [6.45, 7) is 0.810. The number of cyclic esters (lactones) is 1. The van der Waals surface area contributed by atoms with Crippen LogP contribution < -0.4 is 9.47 Å². The second-order valence-electron chi connectivity index (χ2n) is 5.37. The maximum atomic E-state index is 11.6. The summed E-state index contributed by atoms with van der Waals surface area (Å²) in [4.78, 5) is 11.6. The second-order valence-corrected chi connectivity index (χ2v) is 8.31. The molecule has 3 aliphatic rings. The van der Waals surface area contributed by atoms with Gasteiger partial charge < -0.3 is 14.2 Å². The van der Waals surface area contributed by atoms with Crippen LogP contribution in [-0.4, -0.2) is 30.9 Å². The van der Waals surface area contributed by atoms with Crippen LogP contribution in [0.15, 0.2) is 18.2 Å². The Morgan fingerprint density at radius 3 is 2.67 bits per heavy atom. The second kappa shape index (κ2) is 5.32. The first kappa shape index (κ1) is 13.6. The minimum Gasteiger partial charge on any atom is -0.465 e. The van der Waals surface area contributed by atoms with Gasteiger partial charge in [-0.2, -0.15) is 0 Å². The lowest BCUT2D eigenvalue weighted by Gasteiger charge is -2.40. The van der Waals surface area contributed by atoms with E-state index in [0.29, 0.717) is 13.0 Å². The molecule has 3 aliphatic heterocycles. The molecule has 1 aromatic carbocycles. The van der Waals surface area contributed by atoms with Crippen molar-refractivity contribution in [3.63, 3.8) is 0 Å². The summed E-state index contributed by atoms with van der Waals surface area (Å²) in [5, 5.41) is 0. The van der Waals surface area contributed by atoms with Crippen LogP contribution in [0.4, 0.5) is 0 Å². The van der Waals surface area contributed by atoms with E-state index in [0.717, 1.165) is 23.0 Å². The molecule has 0 aliphatic carbocycles. The number of rotatable bonds is 2. The van der Waals surface area contributed by atoms with E-state index >= 15 is 0 Å². The number of thioether (sulfide) groups is 2. The summed E-state index contributed by atoms with van der Waals surface area (Å²) in [5.74, 6) is 3.99. The number of hydrogen-bond acceptors (Lipinski definition) is 6. The highest BCUT2D eigenvalue weighted by Crippen LogP contribution is 2.58. The zero-order chi connectivity index (χ0) is 14.3. The SMILES string of the molecule is O=C1C[C@@H](C2(c3ccc4c(c3)OCO4)SCCCS2)CO1. The summed E-state index contributed by atoms with van der Waals surface area (Å²) < 4.78 is 16.1. The Labute approximate surface area is 131 Å². The molecular formula is C15H16O4S2. The van der Waals surface area contributed by atoms with Gasteiger partial charge in [0.15, 0.2) is 11.5 Å². The van der Waals surface area contributed by atoms with Crippen molar-refractivity contribution in [2.75, 3.05) is 24.9 Å². The largest absolute Gasteiger partial charge is 0.465 e. The summed E-state index contributed by atoms with van der Waals surface area (Å²) in [7, 11) is 0. The average molecular weight is 324 g/mol. The van der Waals surface area contributed by atoms with E-state index in [4.69, 9.17) is 14.2 Å². The molecule has 0 bridgehead atoms. The molecule has 0 radical (unpaired) electrons. The average Bonchev–Trinajstić information content (AvgIpc) is 3.16. The van der Waals surface area contributed by atoms with Gasteiger partial charge >= 0.3 is 5.97 Å². The molecule has 21 heavy (non-hydrogen) atoms. The van der Waals surface area contributed by atoms with Crippen LogP contribution in [0.3, 0.4) is 0 Å². The third-order valence-corrected chi connectivity index (χ3v) is 7.78. The zero-order valence-electron chi connectivity index (χ0n) is 11.5. The van der Waals surface area contributed by atoms with Gasteiger partial charge in [0.25, 0.3) is 0 Å². The fourth-order valence-electron chi connectivity index (χ4n) is 3.06. The first-order valence-corrected chi connectivity index (χ1v) is 9.09. The van der Waals surface area contributed by atoms with Crippen molar-refractivity contribution in [2.45, 2.75) is 16.9 Å². The maximum Gasteiger partial charge on any atom is 0.306 e. The normalized spacial score (nSPS) is 26.7. The first-order valence-electron chi connectivity index (χ1n) is 7.11. The fourth-order valence-corrected chi connectivity index (χ4v) is 6.62. The van der Waals surface area contributed by atoms with Gasteiger partial charge in [-0.15, -0.1) is 23.5 Å². The number of carbonyl (C=O) groups excluding carboxylic acids is 1. The van der Waals surface area contributed by atoms with Crippen molar-refractivity contribution < 1.29 is 19.0 Å². The van der Waals surface area contributed by atoms with Crippen LogP contribution in [0.5, 0.6) is 11.5 Å². The number of ether oxygens (including phenoxy) is 3. The van der Waals surface area contributed by atoms with Gasteiger partial charge in [-0.05, 0) is 35.6 Å². The predicted octanol–water partition coefficient (Wildman–Crippen LogP) is 3.00. The molecule has 112 valence electrons. The number of fused-ring (bicyclic) bond motifs is 1. The number of esters is 1. The molecule has 1 aromatic rings. The van der Waals surface area contributed by atoms with Crippen LogP contribution in [-0.2, 0) is 13.6 Å². The number of benzene rings is 1. The summed E-state index contributed by atoms with van der Waals surface area (Å²) in [6, 6.07) is 6.17. The molecule has 0 unspecified atom stereocenters.